The van der Waals surface area contributed by atoms with E-state index in [4.69, 9.17) is 0 Å². The zero-order valence-electron chi connectivity index (χ0n) is 11.6. The highest BCUT2D eigenvalue weighted by Gasteiger charge is 2.50. The van der Waals surface area contributed by atoms with Gasteiger partial charge in [0.1, 0.15) is 0 Å². The van der Waals surface area contributed by atoms with E-state index < -0.39 is 0 Å². The Hall–Kier alpha value is -1.06. The first kappa shape index (κ1) is 12.9. The SMILES string of the molecule is O=C(C1CC1C(=O)N1CCCC1)N1CCCCCC1. The van der Waals surface area contributed by atoms with Gasteiger partial charge in [-0.1, -0.05) is 12.8 Å². The third kappa shape index (κ3) is 2.77. The first-order chi connectivity index (χ1) is 9.27. The molecule has 0 N–H and O–H groups in total. The molecule has 0 bridgehead atoms. The number of nitrogens with zero attached hydrogens (tertiary/aromatic N) is 2. The molecule has 106 valence electrons. The molecule has 0 radical (unpaired) electrons. The van der Waals surface area contributed by atoms with Gasteiger partial charge in [-0.3, -0.25) is 9.59 Å². The summed E-state index contributed by atoms with van der Waals surface area (Å²) in [6.07, 6.45) is 7.79. The van der Waals surface area contributed by atoms with Crippen molar-refractivity contribution in [3.63, 3.8) is 0 Å². The van der Waals surface area contributed by atoms with Gasteiger partial charge in [-0.2, -0.15) is 0 Å². The lowest BCUT2D eigenvalue weighted by molar-refractivity contribution is -0.137. The van der Waals surface area contributed by atoms with E-state index in [0.29, 0.717) is 0 Å². The number of hydrogen-bond acceptors (Lipinski definition) is 2. The summed E-state index contributed by atoms with van der Waals surface area (Å²) in [5.41, 5.74) is 0. The third-order valence-corrected chi connectivity index (χ3v) is 4.76. The van der Waals surface area contributed by atoms with Crippen molar-refractivity contribution in [3.8, 4) is 0 Å². The Bertz CT molecular complexity index is 355. The predicted octanol–water partition coefficient (Wildman–Crippen LogP) is 1.65. The van der Waals surface area contributed by atoms with E-state index in [-0.39, 0.29) is 23.7 Å². The first-order valence-electron chi connectivity index (χ1n) is 7.85. The molecule has 2 unspecified atom stereocenters. The Morgan fingerprint density at radius 2 is 1.00 bits per heavy atom. The van der Waals surface area contributed by atoms with Crippen molar-refractivity contribution in [2.45, 2.75) is 44.9 Å². The average Bonchev–Trinajstić information content (AvgIpc) is 3.12. The van der Waals surface area contributed by atoms with E-state index >= 15 is 0 Å². The average molecular weight is 264 g/mol. The van der Waals surface area contributed by atoms with Crippen LogP contribution in [-0.2, 0) is 9.59 Å². The summed E-state index contributed by atoms with van der Waals surface area (Å²) >= 11 is 0. The van der Waals surface area contributed by atoms with Gasteiger partial charge in [0, 0.05) is 26.2 Å². The molecule has 3 fully saturated rings. The van der Waals surface area contributed by atoms with Gasteiger partial charge in [0.25, 0.3) is 0 Å². The molecule has 2 amide bonds. The second-order valence-electron chi connectivity index (χ2n) is 6.22. The molecule has 2 saturated heterocycles. The molecule has 3 aliphatic rings. The van der Waals surface area contributed by atoms with E-state index in [9.17, 15) is 9.59 Å². The largest absolute Gasteiger partial charge is 0.342 e. The van der Waals surface area contributed by atoms with E-state index in [0.717, 1.165) is 58.3 Å². The molecule has 0 spiro atoms. The van der Waals surface area contributed by atoms with E-state index in [1.807, 2.05) is 9.80 Å². The van der Waals surface area contributed by atoms with Crippen LogP contribution in [0.1, 0.15) is 44.9 Å². The molecule has 0 aromatic rings. The Morgan fingerprint density at radius 1 is 0.632 bits per heavy atom. The molecular weight excluding hydrogens is 240 g/mol. The van der Waals surface area contributed by atoms with Crippen LogP contribution >= 0.6 is 0 Å². The van der Waals surface area contributed by atoms with E-state index in [1.54, 1.807) is 0 Å². The first-order valence-corrected chi connectivity index (χ1v) is 7.85. The molecule has 0 aromatic carbocycles. The summed E-state index contributed by atoms with van der Waals surface area (Å²) in [4.78, 5) is 28.6. The minimum absolute atomic E-state index is 0.00574. The second kappa shape index (κ2) is 5.51. The van der Waals surface area contributed by atoms with Crippen LogP contribution in [-0.4, -0.2) is 47.8 Å². The van der Waals surface area contributed by atoms with Crippen molar-refractivity contribution in [2.75, 3.05) is 26.2 Å². The molecule has 1 saturated carbocycles. The smallest absolute Gasteiger partial charge is 0.226 e. The van der Waals surface area contributed by atoms with Crippen molar-refractivity contribution in [3.05, 3.63) is 0 Å². The fourth-order valence-corrected chi connectivity index (χ4v) is 3.44. The molecule has 2 aliphatic heterocycles. The minimum Gasteiger partial charge on any atom is -0.342 e. The van der Waals surface area contributed by atoms with Crippen LogP contribution < -0.4 is 0 Å². The van der Waals surface area contributed by atoms with Crippen molar-refractivity contribution in [1.82, 2.24) is 9.80 Å². The molecule has 19 heavy (non-hydrogen) atoms. The molecule has 4 nitrogen and oxygen atoms in total. The Labute approximate surface area is 115 Å². The molecule has 2 heterocycles. The highest BCUT2D eigenvalue weighted by Crippen LogP contribution is 2.42. The maximum absolute atomic E-state index is 12.4. The van der Waals surface area contributed by atoms with Crippen LogP contribution in [0.4, 0.5) is 0 Å². The number of amides is 2. The Kier molecular flexibility index (Phi) is 3.76. The third-order valence-electron chi connectivity index (χ3n) is 4.76. The van der Waals surface area contributed by atoms with Crippen LogP contribution in [0.15, 0.2) is 0 Å². The van der Waals surface area contributed by atoms with Crippen LogP contribution in [0.25, 0.3) is 0 Å². The Morgan fingerprint density at radius 3 is 1.42 bits per heavy atom. The van der Waals surface area contributed by atoms with Gasteiger partial charge in [0.2, 0.25) is 11.8 Å². The van der Waals surface area contributed by atoms with Gasteiger partial charge in [0.15, 0.2) is 0 Å². The number of likely N-dealkylation sites (tertiary alicyclic amines) is 2. The molecule has 2 atom stereocenters. The van der Waals surface area contributed by atoms with E-state index in [1.165, 1.54) is 12.8 Å². The van der Waals surface area contributed by atoms with Crippen molar-refractivity contribution < 1.29 is 9.59 Å². The zero-order chi connectivity index (χ0) is 13.2. The van der Waals surface area contributed by atoms with Gasteiger partial charge in [0.05, 0.1) is 11.8 Å². The minimum atomic E-state index is 0.00574. The van der Waals surface area contributed by atoms with Crippen molar-refractivity contribution in [1.29, 1.82) is 0 Å². The number of hydrogen-bond donors (Lipinski definition) is 0. The zero-order valence-corrected chi connectivity index (χ0v) is 11.6. The standard InChI is InChI=1S/C15H24N2O2/c18-14(16-7-3-1-2-4-8-16)12-11-13(12)15(19)17-9-5-6-10-17/h12-13H,1-11H2. The van der Waals surface area contributed by atoms with Crippen LogP contribution in [0.2, 0.25) is 0 Å². The van der Waals surface area contributed by atoms with Gasteiger partial charge >= 0.3 is 0 Å². The molecule has 1 aliphatic carbocycles. The van der Waals surface area contributed by atoms with Gasteiger partial charge in [-0.15, -0.1) is 0 Å². The second-order valence-corrected chi connectivity index (χ2v) is 6.22. The summed E-state index contributed by atoms with van der Waals surface area (Å²) in [5.74, 6) is 0.505. The van der Waals surface area contributed by atoms with Crippen LogP contribution in [0, 0.1) is 11.8 Å². The highest BCUT2D eigenvalue weighted by molar-refractivity contribution is 5.92. The summed E-state index contributed by atoms with van der Waals surface area (Å²) in [6.45, 7) is 3.61. The Balaban J connectivity index is 1.53. The summed E-state index contributed by atoms with van der Waals surface area (Å²) < 4.78 is 0. The van der Waals surface area contributed by atoms with Crippen LogP contribution in [0.5, 0.6) is 0 Å². The topological polar surface area (TPSA) is 40.6 Å². The maximum Gasteiger partial charge on any atom is 0.226 e. The maximum atomic E-state index is 12.4. The lowest BCUT2D eigenvalue weighted by Gasteiger charge is -2.21. The summed E-state index contributed by atoms with van der Waals surface area (Å²) in [5, 5.41) is 0. The number of carbonyl (C=O) groups is 2. The lowest BCUT2D eigenvalue weighted by atomic mass is 10.2. The van der Waals surface area contributed by atoms with Crippen LogP contribution in [0.3, 0.4) is 0 Å². The molecule has 3 rings (SSSR count). The van der Waals surface area contributed by atoms with Gasteiger partial charge < -0.3 is 9.80 Å². The van der Waals surface area contributed by atoms with Gasteiger partial charge in [-0.25, -0.2) is 0 Å². The van der Waals surface area contributed by atoms with E-state index in [2.05, 4.69) is 0 Å². The van der Waals surface area contributed by atoms with Crippen molar-refractivity contribution in [2.24, 2.45) is 11.8 Å². The summed E-state index contributed by atoms with van der Waals surface area (Å²) in [6, 6.07) is 0. The number of rotatable bonds is 2. The fraction of sp³-hybridized carbons (Fsp3) is 0.867. The quantitative estimate of drug-likeness (QED) is 0.761. The van der Waals surface area contributed by atoms with Gasteiger partial charge in [-0.05, 0) is 32.1 Å². The summed E-state index contributed by atoms with van der Waals surface area (Å²) in [7, 11) is 0. The van der Waals surface area contributed by atoms with Crippen molar-refractivity contribution >= 4 is 11.8 Å². The molecule has 0 aromatic heterocycles. The highest BCUT2D eigenvalue weighted by atomic mass is 16.2. The number of carbonyl (C=O) groups excluding carboxylic acids is 2. The predicted molar refractivity (Wildman–Crippen MR) is 72.5 cm³/mol. The lowest BCUT2D eigenvalue weighted by Crippen LogP contribution is -2.35. The monoisotopic (exact) mass is 264 g/mol. The normalized spacial score (nSPS) is 31.2. The molecular formula is C15H24N2O2. The fourth-order valence-electron chi connectivity index (χ4n) is 3.44. The molecule has 4 heteroatoms.